The average Bonchev–Trinajstić information content (AvgIpc) is 2.16. The Morgan fingerprint density at radius 3 is 2.31 bits per heavy atom. The first-order valence-corrected chi connectivity index (χ1v) is 5.09. The first-order chi connectivity index (χ1) is 6.41. The maximum absolute atomic E-state index is 9.79. The van der Waals surface area contributed by atoms with Crippen LogP contribution in [0.25, 0.3) is 0 Å². The highest BCUT2D eigenvalue weighted by Crippen LogP contribution is 2.04. The van der Waals surface area contributed by atoms with E-state index in [1.54, 1.807) is 6.29 Å². The number of allylic oxidation sites excluding steroid dienone is 4. The fourth-order valence-electron chi connectivity index (χ4n) is 1.12. The van der Waals surface area contributed by atoms with Crippen LogP contribution < -0.4 is 0 Å². The van der Waals surface area contributed by atoms with Crippen molar-refractivity contribution in [1.82, 2.24) is 0 Å². The molecule has 1 radical (unpaired) electrons. The topological polar surface area (TPSA) is 17.1 Å². The van der Waals surface area contributed by atoms with Crippen LogP contribution in [0.4, 0.5) is 0 Å². The summed E-state index contributed by atoms with van der Waals surface area (Å²) in [5.41, 5.74) is 0. The molecule has 0 aromatic carbocycles. The maximum atomic E-state index is 9.79. The van der Waals surface area contributed by atoms with Gasteiger partial charge in [0, 0.05) is 0 Å². The molecule has 0 saturated heterocycles. The van der Waals surface area contributed by atoms with Crippen molar-refractivity contribution in [3.63, 3.8) is 0 Å². The Hall–Kier alpha value is -0.850. The van der Waals surface area contributed by atoms with Gasteiger partial charge in [0.1, 0.15) is 0 Å². The van der Waals surface area contributed by atoms with E-state index in [2.05, 4.69) is 19.1 Å². The molecule has 0 N–H and O–H groups in total. The van der Waals surface area contributed by atoms with Crippen LogP contribution in [0, 0.1) is 0 Å². The van der Waals surface area contributed by atoms with E-state index in [1.807, 2.05) is 6.08 Å². The van der Waals surface area contributed by atoms with Crippen LogP contribution in [0.1, 0.15) is 45.4 Å². The predicted octanol–water partition coefficient (Wildman–Crippen LogP) is 3.57. The van der Waals surface area contributed by atoms with Crippen LogP contribution in [0.5, 0.6) is 0 Å². The van der Waals surface area contributed by atoms with E-state index < -0.39 is 0 Å². The summed E-state index contributed by atoms with van der Waals surface area (Å²) in [7, 11) is 0. The Morgan fingerprint density at radius 1 is 1.00 bits per heavy atom. The summed E-state index contributed by atoms with van der Waals surface area (Å²) in [6.45, 7) is 2.15. The smallest absolute Gasteiger partial charge is 0.225 e. The SMILES string of the molecule is CCC=CCCCCCC=C[C]=O. The zero-order valence-corrected chi connectivity index (χ0v) is 8.46. The van der Waals surface area contributed by atoms with Gasteiger partial charge in [-0.25, -0.2) is 0 Å². The molecule has 0 unspecified atom stereocenters. The molecule has 0 saturated carbocycles. The van der Waals surface area contributed by atoms with E-state index in [0.29, 0.717) is 0 Å². The van der Waals surface area contributed by atoms with Crippen molar-refractivity contribution in [2.75, 3.05) is 0 Å². The van der Waals surface area contributed by atoms with E-state index in [1.165, 1.54) is 31.8 Å². The number of hydrogen-bond acceptors (Lipinski definition) is 1. The minimum atomic E-state index is 1.01. The van der Waals surface area contributed by atoms with Gasteiger partial charge in [0.2, 0.25) is 6.29 Å². The molecule has 0 atom stereocenters. The number of carbonyl (C=O) groups excluding carboxylic acids is 1. The summed E-state index contributed by atoms with van der Waals surface area (Å²) < 4.78 is 0. The molecule has 1 heteroatoms. The van der Waals surface area contributed by atoms with Gasteiger partial charge in [-0.2, -0.15) is 0 Å². The molecule has 0 spiro atoms. The van der Waals surface area contributed by atoms with E-state index in [-0.39, 0.29) is 0 Å². The van der Waals surface area contributed by atoms with E-state index in [4.69, 9.17) is 0 Å². The van der Waals surface area contributed by atoms with Crippen LogP contribution >= 0.6 is 0 Å². The molecule has 73 valence electrons. The molecule has 0 aromatic heterocycles. The third-order valence-electron chi connectivity index (χ3n) is 1.83. The molecule has 0 aliphatic carbocycles. The first kappa shape index (κ1) is 12.2. The molecule has 1 nitrogen and oxygen atoms in total. The standard InChI is InChI=1S/C12H19O/c1-2-3-4-5-6-7-8-9-10-11-12-13/h3-4,10-11H,2,5-9H2,1H3. The maximum Gasteiger partial charge on any atom is 0.225 e. The normalized spacial score (nSPS) is 11.5. The molecule has 0 amide bonds. The van der Waals surface area contributed by atoms with E-state index in [9.17, 15) is 4.79 Å². The summed E-state index contributed by atoms with van der Waals surface area (Å²) in [5, 5.41) is 0. The lowest BCUT2D eigenvalue weighted by Gasteiger charge is -1.94. The Bertz CT molecular complexity index is 157. The van der Waals surface area contributed by atoms with Crippen LogP contribution in [0.2, 0.25) is 0 Å². The first-order valence-electron chi connectivity index (χ1n) is 5.09. The van der Waals surface area contributed by atoms with Gasteiger partial charge in [0.05, 0.1) is 0 Å². The van der Waals surface area contributed by atoms with Gasteiger partial charge in [-0.05, 0) is 38.2 Å². The predicted molar refractivity (Wildman–Crippen MR) is 57.3 cm³/mol. The van der Waals surface area contributed by atoms with Gasteiger partial charge in [-0.3, -0.25) is 4.79 Å². The Kier molecular flexibility index (Phi) is 10.4. The molecule has 0 bridgehead atoms. The van der Waals surface area contributed by atoms with Gasteiger partial charge < -0.3 is 0 Å². The molecule has 13 heavy (non-hydrogen) atoms. The number of unbranched alkanes of at least 4 members (excludes halogenated alkanes) is 4. The van der Waals surface area contributed by atoms with Gasteiger partial charge in [-0.1, -0.05) is 31.6 Å². The van der Waals surface area contributed by atoms with Crippen molar-refractivity contribution in [2.45, 2.75) is 45.4 Å². The van der Waals surface area contributed by atoms with Gasteiger partial charge in [0.15, 0.2) is 0 Å². The molecular weight excluding hydrogens is 160 g/mol. The Labute approximate surface area is 81.5 Å². The van der Waals surface area contributed by atoms with E-state index in [0.717, 1.165) is 12.8 Å². The summed E-state index contributed by atoms with van der Waals surface area (Å²) in [6, 6.07) is 0. The molecule has 0 rings (SSSR count). The summed E-state index contributed by atoms with van der Waals surface area (Å²) in [4.78, 5) is 9.79. The third kappa shape index (κ3) is 11.1. The van der Waals surface area contributed by atoms with Crippen molar-refractivity contribution in [3.05, 3.63) is 24.3 Å². The number of rotatable bonds is 8. The van der Waals surface area contributed by atoms with Crippen molar-refractivity contribution in [1.29, 1.82) is 0 Å². The molecule has 0 fully saturated rings. The number of hydrogen-bond donors (Lipinski definition) is 0. The van der Waals surface area contributed by atoms with Crippen LogP contribution in [0.15, 0.2) is 24.3 Å². The highest BCUT2D eigenvalue weighted by Gasteiger charge is 1.85. The quantitative estimate of drug-likeness (QED) is 0.316. The van der Waals surface area contributed by atoms with Crippen molar-refractivity contribution < 1.29 is 4.79 Å². The lowest BCUT2D eigenvalue weighted by atomic mass is 10.1. The highest BCUT2D eigenvalue weighted by atomic mass is 16.1. The lowest BCUT2D eigenvalue weighted by molar-refractivity contribution is 0.564. The second kappa shape index (κ2) is 11.2. The minimum Gasteiger partial charge on any atom is -0.286 e. The highest BCUT2D eigenvalue weighted by molar-refractivity contribution is 5.65. The van der Waals surface area contributed by atoms with Crippen LogP contribution in [-0.4, -0.2) is 6.29 Å². The fourth-order valence-corrected chi connectivity index (χ4v) is 1.12. The second-order valence-electron chi connectivity index (χ2n) is 3.04. The zero-order valence-electron chi connectivity index (χ0n) is 8.46. The second-order valence-corrected chi connectivity index (χ2v) is 3.04. The molecular formula is C12H19O. The fraction of sp³-hybridized carbons (Fsp3) is 0.583. The molecule has 0 aliphatic heterocycles. The lowest BCUT2D eigenvalue weighted by Crippen LogP contribution is -1.75. The van der Waals surface area contributed by atoms with E-state index >= 15 is 0 Å². The van der Waals surface area contributed by atoms with Gasteiger partial charge in [-0.15, -0.1) is 0 Å². The van der Waals surface area contributed by atoms with Gasteiger partial charge >= 0.3 is 0 Å². The Balaban J connectivity index is 3.03. The minimum absolute atomic E-state index is 1.01. The summed E-state index contributed by atoms with van der Waals surface area (Å²) in [5.74, 6) is 0. The van der Waals surface area contributed by atoms with Crippen molar-refractivity contribution in [2.24, 2.45) is 0 Å². The summed E-state index contributed by atoms with van der Waals surface area (Å²) >= 11 is 0. The van der Waals surface area contributed by atoms with Crippen LogP contribution in [0.3, 0.4) is 0 Å². The molecule has 0 aliphatic rings. The van der Waals surface area contributed by atoms with Crippen LogP contribution in [-0.2, 0) is 4.79 Å². The van der Waals surface area contributed by atoms with Crippen molar-refractivity contribution in [3.8, 4) is 0 Å². The monoisotopic (exact) mass is 179 g/mol. The molecule has 0 heterocycles. The van der Waals surface area contributed by atoms with Crippen molar-refractivity contribution >= 4 is 6.29 Å². The summed E-state index contributed by atoms with van der Waals surface area (Å²) in [6.07, 6.45) is 16.6. The third-order valence-corrected chi connectivity index (χ3v) is 1.83. The zero-order chi connectivity index (χ0) is 9.78. The average molecular weight is 179 g/mol. The Morgan fingerprint density at radius 2 is 1.69 bits per heavy atom. The van der Waals surface area contributed by atoms with Gasteiger partial charge in [0.25, 0.3) is 0 Å². The molecule has 0 aromatic rings. The largest absolute Gasteiger partial charge is 0.286 e.